The molecule has 2 N–H and O–H groups in total. The topological polar surface area (TPSA) is 90.1 Å². The molecule has 1 amide bonds. The number of para-hydroxylation sites is 2. The summed E-state index contributed by atoms with van der Waals surface area (Å²) in [6.45, 7) is 4.37. The van der Waals surface area contributed by atoms with Crippen LogP contribution in [0, 0.1) is 5.92 Å². The molecular formula is C19H22N6O2. The van der Waals surface area contributed by atoms with Gasteiger partial charge in [0, 0.05) is 31.7 Å². The van der Waals surface area contributed by atoms with Gasteiger partial charge in [-0.15, -0.1) is 0 Å². The van der Waals surface area contributed by atoms with E-state index in [0.29, 0.717) is 25.3 Å². The van der Waals surface area contributed by atoms with Gasteiger partial charge in [-0.25, -0.2) is 4.98 Å². The fourth-order valence-corrected chi connectivity index (χ4v) is 4.14. The van der Waals surface area contributed by atoms with Gasteiger partial charge in [0.25, 0.3) is 5.91 Å². The number of carbonyl (C=O) groups excluding carboxylic acids is 1. The molecular weight excluding hydrogens is 344 g/mol. The van der Waals surface area contributed by atoms with E-state index in [-0.39, 0.29) is 17.9 Å². The van der Waals surface area contributed by atoms with Crippen molar-refractivity contribution in [2.75, 3.05) is 32.8 Å². The van der Waals surface area contributed by atoms with Crippen molar-refractivity contribution in [1.29, 1.82) is 0 Å². The Morgan fingerprint density at radius 3 is 3.00 bits per heavy atom. The number of hydrogen-bond acceptors (Lipinski definition) is 5. The van der Waals surface area contributed by atoms with Crippen molar-refractivity contribution in [2.24, 2.45) is 5.92 Å². The summed E-state index contributed by atoms with van der Waals surface area (Å²) in [7, 11) is 0. The molecule has 140 valence electrons. The van der Waals surface area contributed by atoms with E-state index >= 15 is 0 Å². The second-order valence-electron chi connectivity index (χ2n) is 7.40. The SMILES string of the molecule is O=C(c1cn[nH]c1)N1C[C@H]2COC[C@@H]1CN(Cc1nc3ccccc3[nH]1)C2. The summed E-state index contributed by atoms with van der Waals surface area (Å²) in [5.41, 5.74) is 2.65. The Balaban J connectivity index is 1.36. The number of nitrogens with zero attached hydrogens (tertiary/aromatic N) is 4. The largest absolute Gasteiger partial charge is 0.379 e. The van der Waals surface area contributed by atoms with Gasteiger partial charge in [-0.3, -0.25) is 14.8 Å². The molecule has 0 aliphatic carbocycles. The number of aromatic amines is 2. The van der Waals surface area contributed by atoms with E-state index in [9.17, 15) is 4.79 Å². The molecule has 0 unspecified atom stereocenters. The molecule has 4 heterocycles. The minimum atomic E-state index is 0.0230. The molecule has 8 heteroatoms. The number of rotatable bonds is 3. The van der Waals surface area contributed by atoms with Gasteiger partial charge < -0.3 is 14.6 Å². The van der Waals surface area contributed by atoms with Gasteiger partial charge >= 0.3 is 0 Å². The molecule has 2 bridgehead atoms. The summed E-state index contributed by atoms with van der Waals surface area (Å²) >= 11 is 0. The molecule has 8 nitrogen and oxygen atoms in total. The highest BCUT2D eigenvalue weighted by molar-refractivity contribution is 5.94. The number of imidazole rings is 1. The number of amides is 1. The van der Waals surface area contributed by atoms with Crippen molar-refractivity contribution in [1.82, 2.24) is 30.0 Å². The number of fused-ring (bicyclic) bond motifs is 4. The Kier molecular flexibility index (Phi) is 4.14. The van der Waals surface area contributed by atoms with Gasteiger partial charge in [0.1, 0.15) is 5.82 Å². The van der Waals surface area contributed by atoms with E-state index in [0.717, 1.165) is 36.5 Å². The monoisotopic (exact) mass is 366 g/mol. The maximum absolute atomic E-state index is 12.9. The van der Waals surface area contributed by atoms with Crippen LogP contribution in [0.2, 0.25) is 0 Å². The van der Waals surface area contributed by atoms with Crippen LogP contribution in [-0.4, -0.2) is 74.8 Å². The Bertz CT molecular complexity index is 904. The number of hydrogen-bond donors (Lipinski definition) is 2. The number of carbonyl (C=O) groups is 1. The first-order chi connectivity index (χ1) is 13.3. The van der Waals surface area contributed by atoms with Crippen LogP contribution in [0.4, 0.5) is 0 Å². The highest BCUT2D eigenvalue weighted by Crippen LogP contribution is 2.23. The maximum atomic E-state index is 12.9. The molecule has 0 saturated carbocycles. The number of ether oxygens (including phenoxy) is 1. The highest BCUT2D eigenvalue weighted by atomic mass is 16.5. The lowest BCUT2D eigenvalue weighted by atomic mass is 10.1. The second-order valence-corrected chi connectivity index (χ2v) is 7.40. The fourth-order valence-electron chi connectivity index (χ4n) is 4.14. The molecule has 3 aromatic rings. The van der Waals surface area contributed by atoms with Gasteiger partial charge in [0.2, 0.25) is 0 Å². The van der Waals surface area contributed by atoms with Gasteiger partial charge in [-0.05, 0) is 12.1 Å². The Morgan fingerprint density at radius 1 is 1.22 bits per heavy atom. The van der Waals surface area contributed by atoms with Crippen LogP contribution < -0.4 is 0 Å². The third kappa shape index (κ3) is 3.22. The molecule has 1 aromatic carbocycles. The van der Waals surface area contributed by atoms with Gasteiger partial charge in [0.05, 0.1) is 48.6 Å². The third-order valence-corrected chi connectivity index (χ3v) is 5.36. The van der Waals surface area contributed by atoms with Gasteiger partial charge in [-0.2, -0.15) is 5.10 Å². The fraction of sp³-hybridized carbons (Fsp3) is 0.421. The summed E-state index contributed by atoms with van der Waals surface area (Å²) in [6, 6.07) is 8.11. The van der Waals surface area contributed by atoms with Crippen molar-refractivity contribution in [3.8, 4) is 0 Å². The van der Waals surface area contributed by atoms with Crippen LogP contribution in [0.1, 0.15) is 16.2 Å². The highest BCUT2D eigenvalue weighted by Gasteiger charge is 2.36. The predicted octanol–water partition coefficient (Wildman–Crippen LogP) is 1.26. The van der Waals surface area contributed by atoms with E-state index in [4.69, 9.17) is 9.72 Å². The first-order valence-corrected chi connectivity index (χ1v) is 9.30. The first kappa shape index (κ1) is 16.5. The lowest BCUT2D eigenvalue weighted by Crippen LogP contribution is -2.46. The zero-order valence-electron chi connectivity index (χ0n) is 15.0. The summed E-state index contributed by atoms with van der Waals surface area (Å²) in [5.74, 6) is 1.28. The second kappa shape index (κ2) is 6.79. The van der Waals surface area contributed by atoms with E-state index < -0.39 is 0 Å². The van der Waals surface area contributed by atoms with E-state index in [1.807, 2.05) is 29.2 Å². The first-order valence-electron chi connectivity index (χ1n) is 9.30. The molecule has 5 rings (SSSR count). The molecule has 0 radical (unpaired) electrons. The standard InChI is InChI=1S/C19H22N6O2/c26-19(14-5-20-21-6-14)25-8-13-7-24(9-15(25)12-27-11-13)10-18-22-16-3-1-2-4-17(16)23-18/h1-6,13,15H,7-12H2,(H,20,21)(H,22,23)/t13-,15-/m0/s1. The smallest absolute Gasteiger partial charge is 0.257 e. The lowest BCUT2D eigenvalue weighted by Gasteiger charge is -2.30. The predicted molar refractivity (Wildman–Crippen MR) is 99.1 cm³/mol. The lowest BCUT2D eigenvalue weighted by molar-refractivity contribution is 0.0420. The summed E-state index contributed by atoms with van der Waals surface area (Å²) in [4.78, 5) is 25.4. The number of nitrogens with one attached hydrogen (secondary N) is 2. The van der Waals surface area contributed by atoms with Crippen LogP contribution in [0.25, 0.3) is 11.0 Å². The van der Waals surface area contributed by atoms with Crippen LogP contribution in [-0.2, 0) is 11.3 Å². The maximum Gasteiger partial charge on any atom is 0.257 e. The van der Waals surface area contributed by atoms with Crippen molar-refractivity contribution in [3.05, 3.63) is 48.0 Å². The Hall–Kier alpha value is -2.71. The minimum absolute atomic E-state index is 0.0230. The molecule has 2 saturated heterocycles. The van der Waals surface area contributed by atoms with E-state index in [1.54, 1.807) is 12.4 Å². The molecule has 0 spiro atoms. The number of aromatic nitrogens is 4. The average molecular weight is 366 g/mol. The van der Waals surface area contributed by atoms with Crippen molar-refractivity contribution in [2.45, 2.75) is 12.6 Å². The van der Waals surface area contributed by atoms with Crippen molar-refractivity contribution in [3.63, 3.8) is 0 Å². The van der Waals surface area contributed by atoms with Gasteiger partial charge in [-0.1, -0.05) is 12.1 Å². The summed E-state index contributed by atoms with van der Waals surface area (Å²) in [6.07, 6.45) is 3.24. The van der Waals surface area contributed by atoms with Crippen LogP contribution in [0.15, 0.2) is 36.7 Å². The Labute approximate surface area is 156 Å². The molecule has 2 aliphatic rings. The van der Waals surface area contributed by atoms with Crippen molar-refractivity contribution >= 4 is 16.9 Å². The minimum Gasteiger partial charge on any atom is -0.379 e. The molecule has 2 aromatic heterocycles. The zero-order valence-corrected chi connectivity index (χ0v) is 15.0. The summed E-state index contributed by atoms with van der Waals surface area (Å²) in [5, 5.41) is 6.64. The van der Waals surface area contributed by atoms with Crippen molar-refractivity contribution < 1.29 is 9.53 Å². The van der Waals surface area contributed by atoms with Crippen LogP contribution in [0.5, 0.6) is 0 Å². The zero-order chi connectivity index (χ0) is 18.2. The third-order valence-electron chi connectivity index (χ3n) is 5.36. The van der Waals surface area contributed by atoms with Crippen LogP contribution in [0.3, 0.4) is 0 Å². The van der Waals surface area contributed by atoms with E-state index in [2.05, 4.69) is 20.1 Å². The molecule has 2 fully saturated rings. The molecule has 2 atom stereocenters. The Morgan fingerprint density at radius 2 is 2.15 bits per heavy atom. The average Bonchev–Trinajstić information content (AvgIpc) is 3.24. The quantitative estimate of drug-likeness (QED) is 0.728. The normalized spacial score (nSPS) is 23.5. The van der Waals surface area contributed by atoms with Gasteiger partial charge in [0.15, 0.2) is 0 Å². The van der Waals surface area contributed by atoms with E-state index in [1.165, 1.54) is 0 Å². The molecule has 2 aliphatic heterocycles. The van der Waals surface area contributed by atoms with Crippen LogP contribution >= 0.6 is 0 Å². The number of H-pyrrole nitrogens is 2. The molecule has 27 heavy (non-hydrogen) atoms. The number of benzene rings is 1. The summed E-state index contributed by atoms with van der Waals surface area (Å²) < 4.78 is 5.84.